The Hall–Kier alpha value is -0.790. The minimum atomic E-state index is -0.0519. The van der Waals surface area contributed by atoms with Crippen molar-refractivity contribution in [1.82, 2.24) is 0 Å². The number of hydrogen-bond donors (Lipinski definition) is 0. The van der Waals surface area contributed by atoms with Crippen molar-refractivity contribution in [2.45, 2.75) is 58.0 Å². The first-order chi connectivity index (χ1) is 8.55. The topological polar surface area (TPSA) is 26.3 Å². The molecule has 1 heterocycles. The van der Waals surface area contributed by atoms with Gasteiger partial charge >= 0.3 is 5.97 Å². The lowest BCUT2D eigenvalue weighted by molar-refractivity contribution is -0.146. The fourth-order valence-electron chi connectivity index (χ4n) is 5.08. The van der Waals surface area contributed by atoms with E-state index < -0.39 is 0 Å². The van der Waals surface area contributed by atoms with Gasteiger partial charge in [0.25, 0.3) is 0 Å². The van der Waals surface area contributed by atoms with Gasteiger partial charge in [-0.1, -0.05) is 19.1 Å². The molecule has 1 aliphatic heterocycles. The van der Waals surface area contributed by atoms with Crippen molar-refractivity contribution in [3.8, 4) is 0 Å². The number of esters is 1. The summed E-state index contributed by atoms with van der Waals surface area (Å²) in [6.45, 7) is 6.71. The van der Waals surface area contributed by atoms with E-state index in [1.54, 1.807) is 0 Å². The molecule has 0 bridgehead atoms. The normalized spacial score (nSPS) is 48.6. The van der Waals surface area contributed by atoms with Crippen molar-refractivity contribution < 1.29 is 9.53 Å². The zero-order valence-corrected chi connectivity index (χ0v) is 11.2. The van der Waals surface area contributed by atoms with Crippen molar-refractivity contribution in [2.24, 2.45) is 22.7 Å². The average Bonchev–Trinajstić information content (AvgIpc) is 3.04. The predicted molar refractivity (Wildman–Crippen MR) is 68.9 cm³/mol. The van der Waals surface area contributed by atoms with Gasteiger partial charge in [-0.3, -0.25) is 4.79 Å². The lowest BCUT2D eigenvalue weighted by Gasteiger charge is -2.50. The van der Waals surface area contributed by atoms with E-state index >= 15 is 0 Å². The molecular formula is C16H22O2. The van der Waals surface area contributed by atoms with Gasteiger partial charge in [0.15, 0.2) is 0 Å². The summed E-state index contributed by atoms with van der Waals surface area (Å²) in [5.41, 5.74) is 1.73. The van der Waals surface area contributed by atoms with Gasteiger partial charge in [-0.05, 0) is 56.3 Å². The van der Waals surface area contributed by atoms with Crippen LogP contribution < -0.4 is 0 Å². The number of rotatable bonds is 0. The van der Waals surface area contributed by atoms with Crippen LogP contribution >= 0.6 is 0 Å². The maximum absolute atomic E-state index is 12.1. The van der Waals surface area contributed by atoms with Crippen molar-refractivity contribution in [1.29, 1.82) is 0 Å². The maximum Gasteiger partial charge on any atom is 0.312 e. The van der Waals surface area contributed by atoms with Crippen molar-refractivity contribution in [2.75, 3.05) is 0 Å². The van der Waals surface area contributed by atoms with Gasteiger partial charge in [0.2, 0.25) is 0 Å². The molecule has 4 rings (SSSR count). The minimum Gasteiger partial charge on any atom is -0.462 e. The summed E-state index contributed by atoms with van der Waals surface area (Å²) in [6.07, 6.45) is 8.34. The second kappa shape index (κ2) is 3.20. The molecule has 4 aliphatic rings. The molecule has 2 heteroatoms. The molecule has 3 aliphatic carbocycles. The van der Waals surface area contributed by atoms with Crippen LogP contribution in [0.3, 0.4) is 0 Å². The number of carbonyl (C=O) groups is 1. The third-order valence-corrected chi connectivity index (χ3v) is 6.35. The van der Waals surface area contributed by atoms with Crippen LogP contribution in [0, 0.1) is 22.7 Å². The molecule has 98 valence electrons. The molecule has 1 saturated heterocycles. The molecule has 18 heavy (non-hydrogen) atoms. The van der Waals surface area contributed by atoms with E-state index in [0.29, 0.717) is 17.3 Å². The quantitative estimate of drug-likeness (QED) is 0.483. The van der Waals surface area contributed by atoms with Gasteiger partial charge in [0, 0.05) is 5.92 Å². The minimum absolute atomic E-state index is 0.0519. The molecule has 3 unspecified atom stereocenters. The number of allylic oxidation sites excluding steroid dienone is 1. The van der Waals surface area contributed by atoms with Crippen LogP contribution in [0.15, 0.2) is 12.2 Å². The van der Waals surface area contributed by atoms with E-state index in [2.05, 4.69) is 13.5 Å². The summed E-state index contributed by atoms with van der Waals surface area (Å²) in [6, 6.07) is 0. The van der Waals surface area contributed by atoms with Gasteiger partial charge in [0.1, 0.15) is 6.10 Å². The smallest absolute Gasteiger partial charge is 0.312 e. The Bertz CT molecular complexity index is 434. The molecule has 0 aromatic carbocycles. The van der Waals surface area contributed by atoms with Crippen molar-refractivity contribution in [3.05, 3.63) is 12.2 Å². The summed E-state index contributed by atoms with van der Waals surface area (Å²) in [7, 11) is 0. The molecule has 2 nitrogen and oxygen atoms in total. The van der Waals surface area contributed by atoms with Crippen molar-refractivity contribution in [3.63, 3.8) is 0 Å². The molecule has 4 fully saturated rings. The zero-order chi connectivity index (χ0) is 12.5. The van der Waals surface area contributed by atoms with Gasteiger partial charge in [-0.15, -0.1) is 0 Å². The Kier molecular flexibility index (Phi) is 1.97. The molecule has 3 saturated carbocycles. The Morgan fingerprint density at radius 2 is 2.11 bits per heavy atom. The Labute approximate surface area is 109 Å². The first-order valence-electron chi connectivity index (χ1n) is 7.44. The number of fused-ring (bicyclic) bond motifs is 3. The molecule has 0 aromatic heterocycles. The van der Waals surface area contributed by atoms with Crippen LogP contribution in [0.5, 0.6) is 0 Å². The molecular weight excluding hydrogens is 224 g/mol. The largest absolute Gasteiger partial charge is 0.462 e. The lowest BCUT2D eigenvalue weighted by Crippen LogP contribution is -2.44. The summed E-state index contributed by atoms with van der Waals surface area (Å²) in [5.74, 6) is 1.25. The second-order valence-electron chi connectivity index (χ2n) is 7.36. The van der Waals surface area contributed by atoms with Crippen LogP contribution in [-0.4, -0.2) is 12.1 Å². The Morgan fingerprint density at radius 3 is 2.83 bits per heavy atom. The van der Waals surface area contributed by atoms with Gasteiger partial charge in [-0.25, -0.2) is 0 Å². The first-order valence-corrected chi connectivity index (χ1v) is 7.44. The fourth-order valence-corrected chi connectivity index (χ4v) is 5.08. The van der Waals surface area contributed by atoms with Crippen LogP contribution in [0.25, 0.3) is 0 Å². The summed E-state index contributed by atoms with van der Waals surface area (Å²) in [5, 5.41) is 0. The van der Waals surface area contributed by atoms with Crippen LogP contribution in [-0.2, 0) is 9.53 Å². The van der Waals surface area contributed by atoms with E-state index in [4.69, 9.17) is 4.74 Å². The lowest BCUT2D eigenvalue weighted by atomic mass is 9.55. The van der Waals surface area contributed by atoms with Gasteiger partial charge < -0.3 is 4.74 Å². The predicted octanol–water partition coefficient (Wildman–Crippen LogP) is 3.46. The third-order valence-electron chi connectivity index (χ3n) is 6.35. The second-order valence-corrected chi connectivity index (χ2v) is 7.36. The van der Waals surface area contributed by atoms with Crippen molar-refractivity contribution >= 4 is 5.97 Å². The first kappa shape index (κ1) is 11.1. The highest BCUT2D eigenvalue weighted by atomic mass is 16.6. The Morgan fingerprint density at radius 1 is 1.33 bits per heavy atom. The monoisotopic (exact) mass is 246 g/mol. The van der Waals surface area contributed by atoms with Crippen LogP contribution in [0.1, 0.15) is 51.9 Å². The molecule has 0 N–H and O–H groups in total. The molecule has 4 atom stereocenters. The third kappa shape index (κ3) is 1.22. The number of hydrogen-bond acceptors (Lipinski definition) is 2. The maximum atomic E-state index is 12.1. The van der Waals surface area contributed by atoms with Gasteiger partial charge in [-0.2, -0.15) is 0 Å². The van der Waals surface area contributed by atoms with E-state index in [-0.39, 0.29) is 17.5 Å². The van der Waals surface area contributed by atoms with E-state index in [1.165, 1.54) is 24.8 Å². The average molecular weight is 246 g/mol. The standard InChI is InChI=1S/C16H22O2/c1-10-4-3-5-15(2)9-13-12(8-11(10)15)16(6-7-16)14(17)18-13/h11-13H,1,3-9H2,2H3/t11?,12?,13?,15-/m1/s1. The highest BCUT2D eigenvalue weighted by Crippen LogP contribution is 2.66. The molecule has 0 amide bonds. The SMILES string of the molecule is C=C1CCC[C@]2(C)CC3OC(=O)C4(CC4)C3CC12. The Balaban J connectivity index is 1.68. The van der Waals surface area contributed by atoms with Crippen LogP contribution in [0.2, 0.25) is 0 Å². The number of carbonyl (C=O) groups excluding carboxylic acids is 1. The van der Waals surface area contributed by atoms with Crippen LogP contribution in [0.4, 0.5) is 0 Å². The highest BCUT2D eigenvalue weighted by Gasteiger charge is 2.67. The highest BCUT2D eigenvalue weighted by molar-refractivity contribution is 5.82. The fraction of sp³-hybridized carbons (Fsp3) is 0.812. The summed E-state index contributed by atoms with van der Waals surface area (Å²) >= 11 is 0. The molecule has 1 spiro atoms. The van der Waals surface area contributed by atoms with E-state index in [0.717, 1.165) is 25.7 Å². The molecule has 0 radical (unpaired) electrons. The summed E-state index contributed by atoms with van der Waals surface area (Å²) in [4.78, 5) is 12.1. The number of ether oxygens (including phenoxy) is 1. The van der Waals surface area contributed by atoms with Gasteiger partial charge in [0.05, 0.1) is 5.41 Å². The molecule has 0 aromatic rings. The zero-order valence-electron chi connectivity index (χ0n) is 11.2. The van der Waals surface area contributed by atoms with E-state index in [1.807, 2.05) is 0 Å². The summed E-state index contributed by atoms with van der Waals surface area (Å²) < 4.78 is 5.72. The van der Waals surface area contributed by atoms with E-state index in [9.17, 15) is 4.79 Å².